The summed E-state index contributed by atoms with van der Waals surface area (Å²) in [6.07, 6.45) is 6.52. The minimum absolute atomic E-state index is 0.0233. The van der Waals surface area contributed by atoms with Crippen LogP contribution in [0.2, 0.25) is 5.02 Å². The molecule has 126 valence electrons. The van der Waals surface area contributed by atoms with Crippen LogP contribution >= 0.6 is 34.2 Å². The van der Waals surface area contributed by atoms with E-state index in [0.717, 1.165) is 9.26 Å². The fourth-order valence-corrected chi connectivity index (χ4v) is 2.53. The van der Waals surface area contributed by atoms with E-state index < -0.39 is 11.7 Å². The summed E-state index contributed by atoms with van der Waals surface area (Å²) in [6, 6.07) is 14.1. The van der Waals surface area contributed by atoms with Gasteiger partial charge in [0.2, 0.25) is 5.78 Å². The lowest BCUT2D eigenvalue weighted by Gasteiger charge is -2.09. The lowest BCUT2D eigenvalue weighted by molar-refractivity contribution is -0.116. The summed E-state index contributed by atoms with van der Waals surface area (Å²) in [4.78, 5) is 25.1. The summed E-state index contributed by atoms with van der Waals surface area (Å²) in [5, 5.41) is 5.73. The van der Waals surface area contributed by atoms with E-state index >= 15 is 0 Å². The van der Waals surface area contributed by atoms with Crippen molar-refractivity contribution in [2.45, 2.75) is 0 Å². The van der Waals surface area contributed by atoms with E-state index in [1.165, 1.54) is 6.20 Å². The summed E-state index contributed by atoms with van der Waals surface area (Å²) in [5.41, 5.74) is 0.909. The van der Waals surface area contributed by atoms with Gasteiger partial charge >= 0.3 is 0 Å². The van der Waals surface area contributed by atoms with Crippen molar-refractivity contribution in [3.63, 3.8) is 0 Å². The third kappa shape index (κ3) is 5.34. The van der Waals surface area contributed by atoms with Gasteiger partial charge in [-0.2, -0.15) is 0 Å². The quantitative estimate of drug-likeness (QED) is 0.170. The van der Waals surface area contributed by atoms with Gasteiger partial charge in [-0.15, -0.1) is 6.42 Å². The molecule has 6 heteroatoms. The van der Waals surface area contributed by atoms with E-state index in [4.69, 9.17) is 18.0 Å². The van der Waals surface area contributed by atoms with Crippen LogP contribution in [-0.4, -0.2) is 18.2 Å². The Hall–Kier alpha value is -2.30. The molecule has 4 nitrogen and oxygen atoms in total. The Morgan fingerprint density at radius 3 is 2.48 bits per heavy atom. The van der Waals surface area contributed by atoms with Crippen molar-refractivity contribution in [1.82, 2.24) is 5.32 Å². The zero-order chi connectivity index (χ0) is 18.2. The Bertz CT molecular complexity index is 854. The SMILES string of the molecule is C#CCNC(=O)/C(=C\Nc1ccc(I)cc1)C(=O)c1ccccc1Cl. The van der Waals surface area contributed by atoms with Crippen LogP contribution in [0.4, 0.5) is 5.69 Å². The van der Waals surface area contributed by atoms with E-state index in [1.54, 1.807) is 24.3 Å². The van der Waals surface area contributed by atoms with Gasteiger partial charge in [-0.3, -0.25) is 9.59 Å². The normalized spacial score (nSPS) is 10.7. The topological polar surface area (TPSA) is 58.2 Å². The van der Waals surface area contributed by atoms with E-state index in [9.17, 15) is 9.59 Å². The number of hydrogen-bond acceptors (Lipinski definition) is 3. The number of ketones is 1. The molecule has 0 spiro atoms. The number of benzene rings is 2. The molecule has 2 aromatic carbocycles. The Labute approximate surface area is 164 Å². The monoisotopic (exact) mass is 464 g/mol. The first-order valence-corrected chi connectivity index (χ1v) is 8.71. The molecule has 0 radical (unpaired) electrons. The number of carbonyl (C=O) groups is 2. The van der Waals surface area contributed by atoms with Gasteiger partial charge in [0.1, 0.15) is 5.57 Å². The number of carbonyl (C=O) groups excluding carboxylic acids is 2. The first-order valence-electron chi connectivity index (χ1n) is 7.26. The zero-order valence-corrected chi connectivity index (χ0v) is 16.0. The van der Waals surface area contributed by atoms with Crippen molar-refractivity contribution in [3.05, 3.63) is 74.5 Å². The Morgan fingerprint density at radius 2 is 1.84 bits per heavy atom. The maximum absolute atomic E-state index is 12.7. The van der Waals surface area contributed by atoms with E-state index in [0.29, 0.717) is 0 Å². The molecule has 0 aliphatic heterocycles. The minimum atomic E-state index is -0.569. The van der Waals surface area contributed by atoms with Gasteiger partial charge in [0.15, 0.2) is 0 Å². The van der Waals surface area contributed by atoms with Crippen molar-refractivity contribution in [3.8, 4) is 12.3 Å². The zero-order valence-electron chi connectivity index (χ0n) is 13.1. The first kappa shape index (κ1) is 19.0. The fourth-order valence-electron chi connectivity index (χ4n) is 1.95. The van der Waals surface area contributed by atoms with Crippen molar-refractivity contribution in [1.29, 1.82) is 0 Å². The maximum Gasteiger partial charge on any atom is 0.257 e. The third-order valence-corrected chi connectivity index (χ3v) is 4.23. The number of rotatable bonds is 6. The number of terminal acetylenes is 1. The van der Waals surface area contributed by atoms with Crippen LogP contribution in [0.1, 0.15) is 10.4 Å². The van der Waals surface area contributed by atoms with Crippen molar-refractivity contribution in [2.24, 2.45) is 0 Å². The Balaban J connectivity index is 2.32. The number of nitrogens with one attached hydrogen (secondary N) is 2. The highest BCUT2D eigenvalue weighted by Gasteiger charge is 2.21. The Kier molecular flexibility index (Phi) is 7.04. The number of anilines is 1. The van der Waals surface area contributed by atoms with Crippen molar-refractivity contribution in [2.75, 3.05) is 11.9 Å². The summed E-state index contributed by atoms with van der Waals surface area (Å²) >= 11 is 8.26. The van der Waals surface area contributed by atoms with Crippen LogP contribution in [0.15, 0.2) is 60.3 Å². The molecular weight excluding hydrogens is 451 g/mol. The number of amides is 1. The molecule has 0 aliphatic carbocycles. The second-order valence-corrected chi connectivity index (χ2v) is 6.56. The molecule has 0 bridgehead atoms. The molecule has 2 rings (SSSR count). The average molecular weight is 465 g/mol. The van der Waals surface area contributed by atoms with Crippen LogP contribution in [0, 0.1) is 15.9 Å². The van der Waals surface area contributed by atoms with E-state index in [2.05, 4.69) is 39.1 Å². The van der Waals surface area contributed by atoms with Gasteiger partial charge in [-0.1, -0.05) is 29.7 Å². The summed E-state index contributed by atoms with van der Waals surface area (Å²) in [7, 11) is 0. The van der Waals surface area contributed by atoms with Crippen LogP contribution in [0.3, 0.4) is 0 Å². The second-order valence-electron chi connectivity index (χ2n) is 4.91. The smallest absolute Gasteiger partial charge is 0.257 e. The van der Waals surface area contributed by atoms with Gasteiger partial charge in [-0.05, 0) is 59.0 Å². The highest BCUT2D eigenvalue weighted by Crippen LogP contribution is 2.19. The predicted molar refractivity (Wildman–Crippen MR) is 108 cm³/mol. The maximum atomic E-state index is 12.7. The van der Waals surface area contributed by atoms with Crippen LogP contribution < -0.4 is 10.6 Å². The number of hydrogen-bond donors (Lipinski definition) is 2. The van der Waals surface area contributed by atoms with Gasteiger partial charge < -0.3 is 10.6 Å². The second kappa shape index (κ2) is 9.25. The molecule has 0 unspecified atom stereocenters. The van der Waals surface area contributed by atoms with E-state index in [-0.39, 0.29) is 22.7 Å². The summed E-state index contributed by atoms with van der Waals surface area (Å²) < 4.78 is 1.08. The minimum Gasteiger partial charge on any atom is -0.361 e. The predicted octanol–water partition coefficient (Wildman–Crippen LogP) is 3.87. The molecule has 0 heterocycles. The molecule has 2 N–H and O–H groups in total. The van der Waals surface area contributed by atoms with Crippen LogP contribution in [-0.2, 0) is 4.79 Å². The molecule has 0 saturated carbocycles. The standard InChI is InChI=1S/C19H14ClIN2O2/c1-2-11-22-19(25)16(12-23-14-9-7-13(21)8-10-14)18(24)15-5-3-4-6-17(15)20/h1,3-10,12,23H,11H2,(H,22,25)/b16-12-. The van der Waals surface area contributed by atoms with Gasteiger partial charge in [0.25, 0.3) is 5.91 Å². The molecule has 1 amide bonds. The lowest BCUT2D eigenvalue weighted by atomic mass is 10.0. The molecule has 0 atom stereocenters. The number of Topliss-reactive ketones (excluding diaryl/α,β-unsaturated/α-hetero) is 1. The summed E-state index contributed by atoms with van der Waals surface area (Å²) in [6.45, 7) is 0.0233. The van der Waals surface area contributed by atoms with Crippen LogP contribution in [0.5, 0.6) is 0 Å². The van der Waals surface area contributed by atoms with Gasteiger partial charge in [-0.25, -0.2) is 0 Å². The van der Waals surface area contributed by atoms with Crippen molar-refractivity contribution < 1.29 is 9.59 Å². The highest BCUT2D eigenvalue weighted by atomic mass is 127. The molecule has 25 heavy (non-hydrogen) atoms. The number of halogens is 2. The average Bonchev–Trinajstić information content (AvgIpc) is 2.61. The lowest BCUT2D eigenvalue weighted by Crippen LogP contribution is -2.29. The van der Waals surface area contributed by atoms with Gasteiger partial charge in [0.05, 0.1) is 11.6 Å². The van der Waals surface area contributed by atoms with Crippen LogP contribution in [0.25, 0.3) is 0 Å². The third-order valence-electron chi connectivity index (χ3n) is 3.19. The Morgan fingerprint density at radius 1 is 1.16 bits per heavy atom. The molecule has 0 aromatic heterocycles. The largest absolute Gasteiger partial charge is 0.361 e. The van der Waals surface area contributed by atoms with Gasteiger partial charge in [0, 0.05) is 21.0 Å². The summed E-state index contributed by atoms with van der Waals surface area (Å²) in [5.74, 6) is 1.25. The van der Waals surface area contributed by atoms with E-state index in [1.807, 2.05) is 24.3 Å². The molecule has 0 saturated heterocycles. The first-order chi connectivity index (χ1) is 12.0. The fraction of sp³-hybridized carbons (Fsp3) is 0.0526. The molecule has 2 aromatic rings. The molecule has 0 fully saturated rings. The van der Waals surface area contributed by atoms with Crippen molar-refractivity contribution >= 4 is 51.6 Å². The highest BCUT2D eigenvalue weighted by molar-refractivity contribution is 14.1. The molecule has 0 aliphatic rings. The molecular formula is C19H14ClIN2O2.